The molecule has 0 saturated carbocycles. The maximum absolute atomic E-state index is 13.6. The highest BCUT2D eigenvalue weighted by Gasteiger charge is 2.24. The van der Waals surface area contributed by atoms with Crippen LogP contribution in [0.5, 0.6) is 0 Å². The van der Waals surface area contributed by atoms with E-state index in [2.05, 4.69) is 4.72 Å². The van der Waals surface area contributed by atoms with Crippen LogP contribution in [0.3, 0.4) is 0 Å². The molecule has 0 radical (unpaired) electrons. The van der Waals surface area contributed by atoms with Crippen molar-refractivity contribution in [1.29, 1.82) is 0 Å². The lowest BCUT2D eigenvalue weighted by Crippen LogP contribution is -2.37. The molecule has 0 amide bonds. The van der Waals surface area contributed by atoms with E-state index in [0.29, 0.717) is 12.5 Å². The maximum atomic E-state index is 13.6. The number of benzene rings is 1. The number of aliphatic hydroxyl groups is 1. The van der Waals surface area contributed by atoms with Crippen molar-refractivity contribution < 1.29 is 22.8 Å². The summed E-state index contributed by atoms with van der Waals surface area (Å²) in [4.78, 5) is 8.91. The van der Waals surface area contributed by atoms with Crippen LogP contribution >= 0.6 is 0 Å². The molecule has 0 fully saturated rings. The number of aliphatic hydroxyl groups excluding tert-OH is 1. The Kier molecular flexibility index (Phi) is 4.92. The van der Waals surface area contributed by atoms with Crippen LogP contribution in [0.25, 0.3) is 0 Å². The molecule has 1 unspecified atom stereocenters. The van der Waals surface area contributed by atoms with E-state index in [4.69, 9.17) is 5.11 Å². The summed E-state index contributed by atoms with van der Waals surface area (Å²) in [5, 5.41) is 19.3. The molecule has 19 heavy (non-hydrogen) atoms. The summed E-state index contributed by atoms with van der Waals surface area (Å²) in [6.07, 6.45) is 0.324. The number of hydrogen-bond acceptors (Lipinski definition) is 5. The van der Waals surface area contributed by atoms with Gasteiger partial charge in [-0.15, -0.1) is 0 Å². The van der Waals surface area contributed by atoms with Crippen LogP contribution in [0, 0.1) is 15.9 Å². The molecule has 0 bridgehead atoms. The van der Waals surface area contributed by atoms with E-state index in [1.54, 1.807) is 6.92 Å². The summed E-state index contributed by atoms with van der Waals surface area (Å²) in [5.41, 5.74) is -0.536. The van der Waals surface area contributed by atoms with Crippen LogP contribution < -0.4 is 4.72 Å². The number of sulfonamides is 1. The van der Waals surface area contributed by atoms with E-state index in [0.717, 1.165) is 12.1 Å². The van der Waals surface area contributed by atoms with Gasteiger partial charge in [-0.1, -0.05) is 6.92 Å². The highest BCUT2D eigenvalue weighted by molar-refractivity contribution is 7.89. The first-order chi connectivity index (χ1) is 8.81. The molecule has 9 heteroatoms. The zero-order valence-electron chi connectivity index (χ0n) is 10.0. The smallest absolute Gasteiger partial charge is 0.272 e. The fourth-order valence-corrected chi connectivity index (χ4v) is 2.72. The highest BCUT2D eigenvalue weighted by Crippen LogP contribution is 2.20. The van der Waals surface area contributed by atoms with Crippen molar-refractivity contribution in [2.24, 2.45) is 0 Å². The molecule has 0 aliphatic heterocycles. The first-order valence-corrected chi connectivity index (χ1v) is 6.87. The summed E-state index contributed by atoms with van der Waals surface area (Å²) in [6, 6.07) is 1.52. The van der Waals surface area contributed by atoms with Gasteiger partial charge in [0.1, 0.15) is 10.7 Å². The van der Waals surface area contributed by atoms with E-state index >= 15 is 0 Å². The van der Waals surface area contributed by atoms with Crippen LogP contribution in [0.4, 0.5) is 10.1 Å². The van der Waals surface area contributed by atoms with Crippen molar-refractivity contribution >= 4 is 15.7 Å². The predicted molar refractivity (Wildman–Crippen MR) is 64.5 cm³/mol. The average molecular weight is 292 g/mol. The predicted octanol–water partition coefficient (Wildman–Crippen LogP) is 0.783. The monoisotopic (exact) mass is 292 g/mol. The minimum Gasteiger partial charge on any atom is -0.395 e. The topological polar surface area (TPSA) is 110 Å². The molecular formula is C10H13FN2O5S. The molecule has 2 N–H and O–H groups in total. The van der Waals surface area contributed by atoms with E-state index in [1.165, 1.54) is 0 Å². The third kappa shape index (κ3) is 3.69. The number of rotatable bonds is 6. The van der Waals surface area contributed by atoms with Crippen molar-refractivity contribution in [1.82, 2.24) is 4.72 Å². The lowest BCUT2D eigenvalue weighted by molar-refractivity contribution is -0.385. The lowest BCUT2D eigenvalue weighted by atomic mass is 10.3. The second-order valence-electron chi connectivity index (χ2n) is 3.78. The molecule has 7 nitrogen and oxygen atoms in total. The Balaban J connectivity index is 3.12. The molecule has 106 valence electrons. The molecule has 0 saturated heterocycles. The summed E-state index contributed by atoms with van der Waals surface area (Å²) >= 11 is 0. The number of halogens is 1. The van der Waals surface area contributed by atoms with Crippen LogP contribution in [0.1, 0.15) is 13.3 Å². The average Bonchev–Trinajstić information content (AvgIpc) is 2.35. The number of nitro benzene ring substituents is 1. The third-order valence-corrected chi connectivity index (χ3v) is 4.00. The zero-order chi connectivity index (χ0) is 14.6. The first kappa shape index (κ1) is 15.5. The normalized spacial score (nSPS) is 13.2. The summed E-state index contributed by atoms with van der Waals surface area (Å²) < 4.78 is 39.3. The van der Waals surface area contributed by atoms with Crippen molar-refractivity contribution in [2.45, 2.75) is 24.3 Å². The first-order valence-electron chi connectivity index (χ1n) is 5.39. The largest absolute Gasteiger partial charge is 0.395 e. The van der Waals surface area contributed by atoms with Gasteiger partial charge in [0.05, 0.1) is 17.6 Å². The van der Waals surface area contributed by atoms with Crippen molar-refractivity contribution in [2.75, 3.05) is 6.61 Å². The minimum absolute atomic E-state index is 0.324. The number of nitrogens with one attached hydrogen (secondary N) is 1. The van der Waals surface area contributed by atoms with Gasteiger partial charge in [-0.05, 0) is 12.5 Å². The van der Waals surface area contributed by atoms with Gasteiger partial charge in [-0.25, -0.2) is 17.5 Å². The van der Waals surface area contributed by atoms with Gasteiger partial charge < -0.3 is 5.11 Å². The number of hydrogen-bond donors (Lipinski definition) is 2. The molecule has 0 aliphatic carbocycles. The lowest BCUT2D eigenvalue weighted by Gasteiger charge is -2.14. The molecule has 0 aromatic heterocycles. The molecule has 0 spiro atoms. The molecule has 1 aromatic rings. The summed E-state index contributed by atoms with van der Waals surface area (Å²) in [7, 11) is -4.16. The molecule has 0 aliphatic rings. The van der Waals surface area contributed by atoms with Gasteiger partial charge in [0.15, 0.2) is 0 Å². The van der Waals surface area contributed by atoms with Crippen molar-refractivity contribution in [3.05, 3.63) is 34.1 Å². The third-order valence-electron chi connectivity index (χ3n) is 2.45. The summed E-state index contributed by atoms with van der Waals surface area (Å²) in [5.74, 6) is -1.21. The Morgan fingerprint density at radius 2 is 2.16 bits per heavy atom. The molecule has 1 rings (SSSR count). The van der Waals surface area contributed by atoms with Crippen molar-refractivity contribution in [3.63, 3.8) is 0 Å². The van der Waals surface area contributed by atoms with Gasteiger partial charge in [0.2, 0.25) is 10.0 Å². The second-order valence-corrected chi connectivity index (χ2v) is 5.46. The van der Waals surface area contributed by atoms with Gasteiger partial charge >= 0.3 is 0 Å². The summed E-state index contributed by atoms with van der Waals surface area (Å²) in [6.45, 7) is 1.22. The van der Waals surface area contributed by atoms with Gasteiger partial charge in [0, 0.05) is 12.1 Å². The Hall–Kier alpha value is -1.58. The number of non-ortho nitro benzene ring substituents is 1. The van der Waals surface area contributed by atoms with Gasteiger partial charge in [-0.3, -0.25) is 10.1 Å². The minimum atomic E-state index is -4.16. The van der Waals surface area contributed by atoms with Crippen LogP contribution in [0.2, 0.25) is 0 Å². The molecule has 0 heterocycles. The molecule has 1 aromatic carbocycles. The fourth-order valence-electron chi connectivity index (χ4n) is 1.35. The standard InChI is InChI=1S/C10H13FN2O5S/c1-2-7(6-14)12-19(17,18)10-4-3-8(13(15)16)5-9(10)11/h3-5,7,12,14H,2,6H2,1H3. The molecular weight excluding hydrogens is 279 g/mol. The fraction of sp³-hybridized carbons (Fsp3) is 0.400. The van der Waals surface area contributed by atoms with Crippen LogP contribution in [-0.4, -0.2) is 31.1 Å². The van der Waals surface area contributed by atoms with E-state index in [9.17, 15) is 22.9 Å². The quantitative estimate of drug-likeness (QED) is 0.595. The van der Waals surface area contributed by atoms with E-state index in [-0.39, 0.29) is 0 Å². The highest BCUT2D eigenvalue weighted by atomic mass is 32.2. The Morgan fingerprint density at radius 1 is 1.53 bits per heavy atom. The SMILES string of the molecule is CCC(CO)NS(=O)(=O)c1ccc([N+](=O)[O-])cc1F. The Bertz CT molecular complexity index is 571. The van der Waals surface area contributed by atoms with E-state index < -0.39 is 44.0 Å². The van der Waals surface area contributed by atoms with Crippen LogP contribution in [-0.2, 0) is 10.0 Å². The number of nitrogens with zero attached hydrogens (tertiary/aromatic N) is 1. The Morgan fingerprint density at radius 3 is 2.58 bits per heavy atom. The maximum Gasteiger partial charge on any atom is 0.272 e. The molecule has 1 atom stereocenters. The zero-order valence-corrected chi connectivity index (χ0v) is 10.9. The Labute approximate surface area is 109 Å². The second kappa shape index (κ2) is 6.04. The van der Waals surface area contributed by atoms with Crippen molar-refractivity contribution in [3.8, 4) is 0 Å². The van der Waals surface area contributed by atoms with Crippen LogP contribution in [0.15, 0.2) is 23.1 Å². The van der Waals surface area contributed by atoms with E-state index in [1.807, 2.05) is 0 Å². The van der Waals surface area contributed by atoms with Gasteiger partial charge in [-0.2, -0.15) is 0 Å². The van der Waals surface area contributed by atoms with Gasteiger partial charge in [0.25, 0.3) is 5.69 Å². The number of nitro groups is 1.